The topological polar surface area (TPSA) is 0 Å². The molecule has 0 fully saturated rings. The lowest BCUT2D eigenvalue weighted by molar-refractivity contribution is 1.66. The van der Waals surface area contributed by atoms with Crippen LogP contribution in [0, 0.1) is 0 Å². The van der Waals surface area contributed by atoms with Crippen LogP contribution >= 0.6 is 22.7 Å². The summed E-state index contributed by atoms with van der Waals surface area (Å²) < 4.78 is 5.50. The van der Waals surface area contributed by atoms with Gasteiger partial charge in [-0.1, -0.05) is 152 Å². The first-order valence-electron chi connectivity index (χ1n) is 18.5. The lowest BCUT2D eigenvalue weighted by atomic mass is 9.85. The summed E-state index contributed by atoms with van der Waals surface area (Å²) in [6.45, 7) is 0. The maximum atomic E-state index is 2.38. The van der Waals surface area contributed by atoms with E-state index >= 15 is 0 Å². The summed E-state index contributed by atoms with van der Waals surface area (Å²) in [6, 6.07) is 67.7. The lowest BCUT2D eigenvalue weighted by Crippen LogP contribution is -1.90. The molecule has 2 heterocycles. The monoisotopic (exact) mass is 718 g/mol. The number of hydrogen-bond donors (Lipinski definition) is 0. The predicted molar refractivity (Wildman–Crippen MR) is 239 cm³/mol. The zero-order valence-corrected chi connectivity index (χ0v) is 30.8. The Hall–Kier alpha value is -6.32. The van der Waals surface area contributed by atoms with Crippen LogP contribution in [0.2, 0.25) is 0 Å². The summed E-state index contributed by atoms with van der Waals surface area (Å²) in [6.07, 6.45) is 0. The van der Waals surface area contributed by atoms with E-state index in [1.54, 1.807) is 0 Å². The summed E-state index contributed by atoms with van der Waals surface area (Å²) in [7, 11) is 0. The van der Waals surface area contributed by atoms with Gasteiger partial charge >= 0.3 is 0 Å². The van der Waals surface area contributed by atoms with E-state index in [-0.39, 0.29) is 0 Å². The summed E-state index contributed by atoms with van der Waals surface area (Å²) in [5.41, 5.74) is 7.57. The Balaban J connectivity index is 0.967. The quantitative estimate of drug-likeness (QED) is 0.160. The highest BCUT2D eigenvalue weighted by atomic mass is 32.1. The molecule has 250 valence electrons. The van der Waals surface area contributed by atoms with Crippen LogP contribution in [0.1, 0.15) is 0 Å². The normalized spacial score (nSPS) is 12.1. The Kier molecular flexibility index (Phi) is 6.48. The van der Waals surface area contributed by atoms with Gasteiger partial charge in [-0.3, -0.25) is 0 Å². The molecule has 2 heteroatoms. The van der Waals surface area contributed by atoms with Gasteiger partial charge in [0.1, 0.15) is 0 Å². The molecule has 0 radical (unpaired) electrons. The highest BCUT2D eigenvalue weighted by molar-refractivity contribution is 7.30. The van der Waals surface area contributed by atoms with Gasteiger partial charge in [0.2, 0.25) is 0 Å². The average Bonchev–Trinajstić information content (AvgIpc) is 3.81. The molecule has 0 saturated heterocycles. The fraction of sp³-hybridized carbons (Fsp3) is 0. The average molecular weight is 719 g/mol. The molecule has 0 atom stereocenters. The molecule has 2 aromatic heterocycles. The van der Waals surface area contributed by atoms with E-state index in [1.165, 1.54) is 117 Å². The molecule has 0 unspecified atom stereocenters. The molecular formula is C52H30S2. The van der Waals surface area contributed by atoms with E-state index in [1.807, 2.05) is 22.7 Å². The first kappa shape index (κ1) is 30.2. The largest absolute Gasteiger partial charge is 0.134 e. The molecule has 0 amide bonds. The van der Waals surface area contributed by atoms with Crippen LogP contribution in [0.3, 0.4) is 0 Å². The molecule has 0 nitrogen and oxygen atoms in total. The highest BCUT2D eigenvalue weighted by Gasteiger charge is 2.18. The third-order valence-corrected chi connectivity index (χ3v) is 13.8. The molecule has 0 spiro atoms. The van der Waals surface area contributed by atoms with Crippen molar-refractivity contribution in [3.63, 3.8) is 0 Å². The van der Waals surface area contributed by atoms with Crippen molar-refractivity contribution in [2.45, 2.75) is 0 Å². The van der Waals surface area contributed by atoms with Crippen LogP contribution < -0.4 is 0 Å². The molecule has 12 rings (SSSR count). The second-order valence-corrected chi connectivity index (χ2v) is 16.5. The van der Waals surface area contributed by atoms with Crippen molar-refractivity contribution in [1.29, 1.82) is 0 Å². The minimum atomic E-state index is 1.24. The molecule has 10 aromatic carbocycles. The van der Waals surface area contributed by atoms with Crippen LogP contribution in [0.25, 0.3) is 117 Å². The van der Waals surface area contributed by atoms with Crippen molar-refractivity contribution < 1.29 is 0 Å². The minimum absolute atomic E-state index is 1.24. The predicted octanol–water partition coefficient (Wildman–Crippen LogP) is 16.0. The highest BCUT2D eigenvalue weighted by Crippen LogP contribution is 2.47. The molecule has 0 bridgehead atoms. The molecule has 0 N–H and O–H groups in total. The second kappa shape index (κ2) is 11.6. The van der Waals surface area contributed by atoms with E-state index in [4.69, 9.17) is 0 Å². The third-order valence-electron chi connectivity index (χ3n) is 11.4. The van der Waals surface area contributed by atoms with Gasteiger partial charge in [0, 0.05) is 40.3 Å². The van der Waals surface area contributed by atoms with Crippen molar-refractivity contribution in [2.24, 2.45) is 0 Å². The molecule has 0 saturated carbocycles. The Morgan fingerprint density at radius 2 is 0.759 bits per heavy atom. The summed E-state index contributed by atoms with van der Waals surface area (Å²) in [5.74, 6) is 0. The first-order chi connectivity index (χ1) is 26.8. The summed E-state index contributed by atoms with van der Waals surface area (Å²) in [4.78, 5) is 0. The number of fused-ring (bicyclic) bond motifs is 12. The molecular weight excluding hydrogens is 689 g/mol. The first-order valence-corrected chi connectivity index (χ1v) is 20.1. The van der Waals surface area contributed by atoms with Crippen LogP contribution in [0.4, 0.5) is 0 Å². The smallest absolute Gasteiger partial charge is 0.0448 e. The number of thiophene rings is 2. The Morgan fingerprint density at radius 3 is 1.48 bits per heavy atom. The third kappa shape index (κ3) is 4.42. The van der Waals surface area contributed by atoms with Crippen LogP contribution in [0.5, 0.6) is 0 Å². The van der Waals surface area contributed by atoms with Gasteiger partial charge in [0.15, 0.2) is 0 Å². The van der Waals surface area contributed by atoms with Gasteiger partial charge in [-0.25, -0.2) is 0 Å². The van der Waals surface area contributed by atoms with Gasteiger partial charge < -0.3 is 0 Å². The van der Waals surface area contributed by atoms with E-state index in [0.29, 0.717) is 0 Å². The van der Waals surface area contributed by atoms with Crippen LogP contribution in [-0.4, -0.2) is 0 Å². The van der Waals surface area contributed by atoms with Crippen molar-refractivity contribution >= 4 is 106 Å². The Bertz CT molecular complexity index is 3430. The second-order valence-electron chi connectivity index (χ2n) is 14.4. The van der Waals surface area contributed by atoms with Crippen molar-refractivity contribution in [3.8, 4) is 33.4 Å². The minimum Gasteiger partial charge on any atom is -0.134 e. The maximum absolute atomic E-state index is 2.38. The van der Waals surface area contributed by atoms with Crippen molar-refractivity contribution in [3.05, 3.63) is 182 Å². The fourth-order valence-electron chi connectivity index (χ4n) is 8.94. The molecule has 54 heavy (non-hydrogen) atoms. The molecule has 12 aromatic rings. The Morgan fingerprint density at radius 1 is 0.259 bits per heavy atom. The van der Waals surface area contributed by atoms with Gasteiger partial charge in [-0.2, -0.15) is 0 Å². The SMILES string of the molecule is c1ccc(-c2c3ccccc3c(-c3ccc4cc(-c5ccc6c(ccc7c6sc6ccc8c9ccccc9sc8c67)c5)ccc4c3)c3ccccc23)cc1. The Labute approximate surface area is 319 Å². The number of hydrogen-bond acceptors (Lipinski definition) is 2. The van der Waals surface area contributed by atoms with Crippen LogP contribution in [-0.2, 0) is 0 Å². The van der Waals surface area contributed by atoms with E-state index in [2.05, 4.69) is 182 Å². The van der Waals surface area contributed by atoms with E-state index in [0.717, 1.165) is 0 Å². The van der Waals surface area contributed by atoms with E-state index in [9.17, 15) is 0 Å². The van der Waals surface area contributed by atoms with Crippen LogP contribution in [0.15, 0.2) is 182 Å². The molecule has 0 aliphatic rings. The molecule has 0 aliphatic carbocycles. The van der Waals surface area contributed by atoms with Gasteiger partial charge in [0.05, 0.1) is 0 Å². The fourth-order valence-corrected chi connectivity index (χ4v) is 11.5. The van der Waals surface area contributed by atoms with Gasteiger partial charge in [-0.15, -0.1) is 22.7 Å². The van der Waals surface area contributed by atoms with Crippen molar-refractivity contribution in [2.75, 3.05) is 0 Å². The van der Waals surface area contributed by atoms with Gasteiger partial charge in [-0.05, 0) is 107 Å². The van der Waals surface area contributed by atoms with Gasteiger partial charge in [0.25, 0.3) is 0 Å². The number of rotatable bonds is 3. The van der Waals surface area contributed by atoms with Crippen molar-refractivity contribution in [1.82, 2.24) is 0 Å². The molecule has 0 aliphatic heterocycles. The zero-order chi connectivity index (χ0) is 35.3. The standard InChI is InChI=1S/C52H30S2/c1-2-10-31(11-3-1)48-40-13-4-6-15-42(40)49(43-16-7-5-14-41(43)48)37-21-20-33-28-32(18-19-34(33)30-37)35-22-24-38-36(29-35)23-25-45-50-47(54-51(38)45)27-26-44-39-12-8-9-17-46(39)53-52(44)50/h1-30H. The van der Waals surface area contributed by atoms with E-state index < -0.39 is 0 Å². The zero-order valence-electron chi connectivity index (χ0n) is 29.1. The number of benzene rings is 10. The summed E-state index contributed by atoms with van der Waals surface area (Å²) >= 11 is 3.85. The summed E-state index contributed by atoms with van der Waals surface area (Å²) in [5, 5.41) is 15.7. The lowest BCUT2D eigenvalue weighted by Gasteiger charge is -2.18. The maximum Gasteiger partial charge on any atom is 0.0448 e.